The second-order valence-electron chi connectivity index (χ2n) is 11.4. The van der Waals surface area contributed by atoms with Crippen LogP contribution in [0.1, 0.15) is 61.8 Å². The van der Waals surface area contributed by atoms with Crippen LogP contribution in [0.2, 0.25) is 0 Å². The van der Waals surface area contributed by atoms with Crippen molar-refractivity contribution < 1.29 is 14.3 Å². The first-order chi connectivity index (χ1) is 20.6. The lowest BCUT2D eigenvalue weighted by Gasteiger charge is -2.32. The minimum atomic E-state index is -0.760. The van der Waals surface area contributed by atoms with Crippen LogP contribution in [0.5, 0.6) is 0 Å². The molecule has 1 saturated carbocycles. The monoisotopic (exact) mass is 561 g/mol. The van der Waals surface area contributed by atoms with E-state index in [1.54, 1.807) is 4.90 Å². The highest BCUT2D eigenvalue weighted by Crippen LogP contribution is 2.44. The van der Waals surface area contributed by atoms with E-state index in [0.29, 0.717) is 18.8 Å². The molecular weight excluding hydrogens is 522 g/mol. The maximum absolute atomic E-state index is 14.5. The van der Waals surface area contributed by atoms with E-state index in [2.05, 4.69) is 28.4 Å². The van der Waals surface area contributed by atoms with E-state index in [1.807, 2.05) is 79.7 Å². The number of carbonyl (C=O) groups is 2. The predicted octanol–water partition coefficient (Wildman–Crippen LogP) is 6.37. The molecule has 1 atom stereocenters. The fraction of sp³-hybridized carbons (Fsp3) is 0.333. The first-order valence-electron chi connectivity index (χ1n) is 15.2. The van der Waals surface area contributed by atoms with E-state index in [4.69, 9.17) is 4.74 Å². The van der Waals surface area contributed by atoms with Crippen LogP contribution in [0, 0.1) is 0 Å². The highest BCUT2D eigenvalue weighted by Gasteiger charge is 2.42. The summed E-state index contributed by atoms with van der Waals surface area (Å²) in [5.41, 5.74) is 6.12. The number of ether oxygens (including phenoxy) is 1. The Morgan fingerprint density at radius 2 is 1.52 bits per heavy atom. The van der Waals surface area contributed by atoms with Crippen molar-refractivity contribution in [2.45, 2.75) is 51.1 Å². The van der Waals surface area contributed by atoms with E-state index in [-0.39, 0.29) is 17.9 Å². The summed E-state index contributed by atoms with van der Waals surface area (Å²) in [6.45, 7) is 4.93. The van der Waals surface area contributed by atoms with Crippen molar-refractivity contribution in [2.75, 3.05) is 31.2 Å². The zero-order valence-electron chi connectivity index (χ0n) is 24.3. The number of nitrogens with zero attached hydrogens (tertiary/aromatic N) is 2. The van der Waals surface area contributed by atoms with Gasteiger partial charge in [-0.3, -0.25) is 14.5 Å². The Hall–Kier alpha value is -4.16. The predicted molar refractivity (Wildman–Crippen MR) is 168 cm³/mol. The second kappa shape index (κ2) is 12.8. The third-order valence-corrected chi connectivity index (χ3v) is 8.61. The number of fused-ring (bicyclic) bond motifs is 1. The van der Waals surface area contributed by atoms with Gasteiger partial charge in [-0.2, -0.15) is 0 Å². The van der Waals surface area contributed by atoms with Crippen molar-refractivity contribution in [3.63, 3.8) is 0 Å². The molecule has 0 radical (unpaired) electrons. The maximum atomic E-state index is 14.5. The van der Waals surface area contributed by atoms with Crippen LogP contribution < -0.4 is 10.2 Å². The zero-order valence-corrected chi connectivity index (χ0v) is 24.3. The van der Waals surface area contributed by atoms with Gasteiger partial charge in [0.1, 0.15) is 6.04 Å². The molecule has 1 saturated heterocycles. The SMILES string of the molecule is CC(/C=C(\c1ccccc1)N1CCOCC1)=C1/C(=O)N(C(C(=O)NC2CCCCC2)c2ccccc2)c2ccccc21. The Morgan fingerprint density at radius 3 is 2.24 bits per heavy atom. The number of allylic oxidation sites excluding steroid dienone is 2. The molecule has 216 valence electrons. The number of benzene rings is 3. The third-order valence-electron chi connectivity index (χ3n) is 8.61. The molecule has 1 aliphatic carbocycles. The zero-order chi connectivity index (χ0) is 28.9. The Bertz CT molecular complexity index is 1470. The topological polar surface area (TPSA) is 61.9 Å². The van der Waals surface area contributed by atoms with Gasteiger partial charge in [0.05, 0.1) is 24.5 Å². The fourth-order valence-corrected chi connectivity index (χ4v) is 6.51. The molecule has 42 heavy (non-hydrogen) atoms. The summed E-state index contributed by atoms with van der Waals surface area (Å²) >= 11 is 0. The fourth-order valence-electron chi connectivity index (χ4n) is 6.51. The van der Waals surface area contributed by atoms with E-state index >= 15 is 0 Å². The highest BCUT2D eigenvalue weighted by atomic mass is 16.5. The third kappa shape index (κ3) is 5.77. The summed E-state index contributed by atoms with van der Waals surface area (Å²) in [5.74, 6) is -0.268. The number of para-hydroxylation sites is 1. The lowest BCUT2D eigenvalue weighted by Crippen LogP contribution is -2.46. The van der Waals surface area contributed by atoms with Gasteiger partial charge in [-0.25, -0.2) is 0 Å². The molecule has 0 spiro atoms. The van der Waals surface area contributed by atoms with Crippen molar-refractivity contribution >= 4 is 28.8 Å². The number of hydrogen-bond donors (Lipinski definition) is 1. The van der Waals surface area contributed by atoms with E-state index in [1.165, 1.54) is 6.42 Å². The van der Waals surface area contributed by atoms with Crippen molar-refractivity contribution in [1.29, 1.82) is 0 Å². The standard InChI is InChI=1S/C36H39N3O3/c1-26(25-32(27-13-5-2-6-14-27)38-21-23-42-24-22-38)33-30-19-11-12-20-31(30)39(36(33)41)34(28-15-7-3-8-16-28)35(40)37-29-17-9-4-10-18-29/h2-3,5-8,11-16,19-20,25,29,34H,4,9-10,17-18,21-24H2,1H3,(H,37,40)/b32-25+,33-26-. The average molecular weight is 562 g/mol. The van der Waals surface area contributed by atoms with Gasteiger partial charge in [-0.15, -0.1) is 0 Å². The first-order valence-corrected chi connectivity index (χ1v) is 15.2. The average Bonchev–Trinajstić information content (AvgIpc) is 3.33. The summed E-state index contributed by atoms with van der Waals surface area (Å²) in [5, 5.41) is 3.31. The number of nitrogens with one attached hydrogen (secondary N) is 1. The lowest BCUT2D eigenvalue weighted by molar-refractivity contribution is -0.125. The number of morpholine rings is 1. The van der Waals surface area contributed by atoms with Gasteiger partial charge in [-0.1, -0.05) is 98.1 Å². The quantitative estimate of drug-likeness (QED) is 0.341. The van der Waals surface area contributed by atoms with E-state index in [9.17, 15) is 9.59 Å². The van der Waals surface area contributed by atoms with Gasteiger partial charge in [0, 0.05) is 30.4 Å². The van der Waals surface area contributed by atoms with Crippen LogP contribution in [0.15, 0.2) is 96.6 Å². The summed E-state index contributed by atoms with van der Waals surface area (Å²) < 4.78 is 5.63. The molecule has 6 rings (SSSR count). The van der Waals surface area contributed by atoms with Crippen LogP contribution in [0.3, 0.4) is 0 Å². The van der Waals surface area contributed by atoms with Gasteiger partial charge in [0.15, 0.2) is 0 Å². The molecule has 1 unspecified atom stereocenters. The molecule has 2 aliphatic heterocycles. The van der Waals surface area contributed by atoms with E-state index in [0.717, 1.165) is 72.4 Å². The molecule has 6 nitrogen and oxygen atoms in total. The van der Waals surface area contributed by atoms with Crippen LogP contribution in [-0.4, -0.2) is 49.1 Å². The number of hydrogen-bond acceptors (Lipinski definition) is 4. The molecule has 2 fully saturated rings. The summed E-state index contributed by atoms with van der Waals surface area (Å²) in [7, 11) is 0. The molecular formula is C36H39N3O3. The molecule has 6 heteroatoms. The Labute approximate surface area is 248 Å². The van der Waals surface area contributed by atoms with Gasteiger partial charge < -0.3 is 15.0 Å². The largest absolute Gasteiger partial charge is 0.378 e. The lowest BCUT2D eigenvalue weighted by atomic mass is 9.94. The molecule has 2 amide bonds. The minimum Gasteiger partial charge on any atom is -0.378 e. The molecule has 1 N–H and O–H groups in total. The van der Waals surface area contributed by atoms with Crippen LogP contribution in [0.25, 0.3) is 11.3 Å². The Kier molecular flexibility index (Phi) is 8.52. The van der Waals surface area contributed by atoms with E-state index < -0.39 is 6.04 Å². The van der Waals surface area contributed by atoms with Crippen molar-refractivity contribution in [3.05, 3.63) is 113 Å². The van der Waals surface area contributed by atoms with Gasteiger partial charge in [0.25, 0.3) is 5.91 Å². The molecule has 0 aromatic heterocycles. The second-order valence-corrected chi connectivity index (χ2v) is 11.4. The number of anilines is 1. The van der Waals surface area contributed by atoms with Gasteiger partial charge >= 0.3 is 0 Å². The molecule has 0 bridgehead atoms. The number of amides is 2. The normalized spacial score (nSPS) is 19.8. The van der Waals surface area contributed by atoms with Crippen LogP contribution >= 0.6 is 0 Å². The van der Waals surface area contributed by atoms with Gasteiger partial charge in [0.2, 0.25) is 5.91 Å². The number of carbonyl (C=O) groups excluding carboxylic acids is 2. The summed E-state index contributed by atoms with van der Waals surface area (Å²) in [4.78, 5) is 32.6. The van der Waals surface area contributed by atoms with Gasteiger partial charge in [-0.05, 0) is 48.6 Å². The first kappa shape index (κ1) is 28.0. The van der Waals surface area contributed by atoms with Crippen LogP contribution in [0.4, 0.5) is 5.69 Å². The summed E-state index contributed by atoms with van der Waals surface area (Å²) in [6.07, 6.45) is 7.55. The smallest absolute Gasteiger partial charge is 0.260 e. The number of rotatable bonds is 7. The Balaban J connectivity index is 1.43. The molecule has 3 aromatic carbocycles. The van der Waals surface area contributed by atoms with Crippen molar-refractivity contribution in [1.82, 2.24) is 10.2 Å². The van der Waals surface area contributed by atoms with Crippen LogP contribution in [-0.2, 0) is 14.3 Å². The minimum absolute atomic E-state index is 0.121. The van der Waals surface area contributed by atoms with Crippen molar-refractivity contribution in [2.24, 2.45) is 0 Å². The molecule has 3 aromatic rings. The molecule has 3 aliphatic rings. The van der Waals surface area contributed by atoms with Crippen molar-refractivity contribution in [3.8, 4) is 0 Å². The highest BCUT2D eigenvalue weighted by molar-refractivity contribution is 6.34. The molecule has 2 heterocycles. The summed E-state index contributed by atoms with van der Waals surface area (Å²) in [6, 6.07) is 27.3. The Morgan fingerprint density at radius 1 is 0.881 bits per heavy atom. The maximum Gasteiger partial charge on any atom is 0.260 e.